The van der Waals surface area contributed by atoms with Crippen molar-refractivity contribution in [3.8, 4) is 0 Å². The molecule has 0 amide bonds. The number of ether oxygens (including phenoxy) is 1. The van der Waals surface area contributed by atoms with Crippen LogP contribution in [0.25, 0.3) is 0 Å². The first-order valence-corrected chi connectivity index (χ1v) is 10.8. The minimum atomic E-state index is -5.85. The molecule has 1 aliphatic rings. The van der Waals surface area contributed by atoms with Crippen LogP contribution in [-0.4, -0.2) is 54.4 Å². The summed E-state index contributed by atoms with van der Waals surface area (Å²) in [5, 5.41) is 1.18. The lowest BCUT2D eigenvalue weighted by Crippen LogP contribution is -2.44. The highest BCUT2D eigenvalue weighted by Gasteiger charge is 2.61. The predicted molar refractivity (Wildman–Crippen MR) is 101 cm³/mol. The number of H-pyrrole nitrogens is 1. The normalized spacial score (nSPS) is 17.0. The minimum Gasteiger partial charge on any atom is -0.465 e. The van der Waals surface area contributed by atoms with Crippen molar-refractivity contribution in [2.45, 2.75) is 43.3 Å². The van der Waals surface area contributed by atoms with Crippen LogP contribution in [0.4, 0.5) is 33.6 Å². The summed E-state index contributed by atoms with van der Waals surface area (Å²) in [4.78, 5) is 20.8. The zero-order chi connectivity index (χ0) is 24.1. The van der Waals surface area contributed by atoms with Gasteiger partial charge in [-0.25, -0.2) is 23.2 Å². The van der Waals surface area contributed by atoms with Crippen LogP contribution in [-0.2, 0) is 26.9 Å². The molecule has 15 heteroatoms. The number of alkyl halides is 5. The molecule has 0 aliphatic carbocycles. The zero-order valence-corrected chi connectivity index (χ0v) is 17.7. The summed E-state index contributed by atoms with van der Waals surface area (Å²) >= 11 is 0. The van der Waals surface area contributed by atoms with Crippen molar-refractivity contribution in [2.24, 2.45) is 0 Å². The van der Waals surface area contributed by atoms with Gasteiger partial charge in [0.1, 0.15) is 4.90 Å². The van der Waals surface area contributed by atoms with E-state index in [2.05, 4.69) is 20.1 Å². The lowest BCUT2D eigenvalue weighted by Gasteiger charge is -2.35. The van der Waals surface area contributed by atoms with E-state index < -0.39 is 39.8 Å². The SMILES string of the molecule is CCS(=O)(=O)c1cc(C(=O)OC)cnc1N1Nc2nc(C(F)(F)C(F)(F)F)[nH]c2CC1C. The number of nitrogens with one attached hydrogen (secondary N) is 2. The molecule has 2 N–H and O–H groups in total. The molecule has 9 nitrogen and oxygen atoms in total. The van der Waals surface area contributed by atoms with Crippen LogP contribution in [0.5, 0.6) is 0 Å². The number of carbonyl (C=O) groups is 1. The lowest BCUT2D eigenvalue weighted by molar-refractivity contribution is -0.292. The first-order chi connectivity index (χ1) is 14.7. The van der Waals surface area contributed by atoms with Gasteiger partial charge in [-0.05, 0) is 13.0 Å². The van der Waals surface area contributed by atoms with Gasteiger partial charge in [-0.3, -0.25) is 10.4 Å². The number of fused-ring (bicyclic) bond motifs is 1. The molecule has 3 heterocycles. The molecule has 0 saturated heterocycles. The molecule has 0 radical (unpaired) electrons. The largest absolute Gasteiger partial charge is 0.465 e. The number of pyridine rings is 1. The van der Waals surface area contributed by atoms with Crippen molar-refractivity contribution in [1.82, 2.24) is 15.0 Å². The molecule has 1 aliphatic heterocycles. The average Bonchev–Trinajstić information content (AvgIpc) is 3.14. The van der Waals surface area contributed by atoms with Crippen LogP contribution < -0.4 is 10.4 Å². The highest BCUT2D eigenvalue weighted by Crippen LogP contribution is 2.44. The molecule has 0 spiro atoms. The fraction of sp³-hybridized carbons (Fsp3) is 0.471. The smallest absolute Gasteiger partial charge is 0.461 e. The molecule has 1 unspecified atom stereocenters. The van der Waals surface area contributed by atoms with Crippen LogP contribution in [0.15, 0.2) is 17.2 Å². The van der Waals surface area contributed by atoms with Crippen molar-refractivity contribution < 1.29 is 39.9 Å². The van der Waals surface area contributed by atoms with Gasteiger partial charge in [0, 0.05) is 12.6 Å². The molecule has 0 aromatic carbocycles. The molecule has 0 bridgehead atoms. The highest BCUT2D eigenvalue weighted by atomic mass is 32.2. The number of hydrazine groups is 1. The van der Waals surface area contributed by atoms with E-state index in [-0.39, 0.29) is 40.0 Å². The molecule has 176 valence electrons. The molecule has 3 rings (SSSR count). The third-order valence-corrected chi connectivity index (χ3v) is 6.53. The first-order valence-electron chi connectivity index (χ1n) is 9.13. The van der Waals surface area contributed by atoms with Crippen molar-refractivity contribution in [3.05, 3.63) is 29.3 Å². The van der Waals surface area contributed by atoms with E-state index in [1.807, 2.05) is 4.98 Å². The summed E-state index contributed by atoms with van der Waals surface area (Å²) in [5.41, 5.74) is 2.40. The molecule has 2 aromatic heterocycles. The Morgan fingerprint density at radius 2 is 1.97 bits per heavy atom. The van der Waals surface area contributed by atoms with Gasteiger partial charge in [-0.15, -0.1) is 0 Å². The van der Waals surface area contributed by atoms with Gasteiger partial charge in [0.2, 0.25) is 0 Å². The Hall–Kier alpha value is -2.97. The first kappa shape index (κ1) is 23.7. The Labute approximate surface area is 178 Å². The number of aromatic nitrogens is 3. The van der Waals surface area contributed by atoms with E-state index in [0.717, 1.165) is 19.4 Å². The summed E-state index contributed by atoms with van der Waals surface area (Å²) in [7, 11) is -2.83. The molecular formula is C17H18F5N5O4S. The standard InChI is InChI=1S/C17H18F5N5O4S/c1-4-32(29,30)11-6-9(14(28)31-3)7-23-13(11)27-8(2)5-10-12(26-27)25-15(24-10)16(18,19)17(20,21)22/h6-8,26H,4-5H2,1-3H3,(H,24,25). The second kappa shape index (κ2) is 7.86. The van der Waals surface area contributed by atoms with Gasteiger partial charge >= 0.3 is 18.1 Å². The van der Waals surface area contributed by atoms with Crippen LogP contribution in [0.1, 0.15) is 35.7 Å². The molecular weight excluding hydrogens is 465 g/mol. The maximum Gasteiger partial charge on any atom is 0.461 e. The van der Waals surface area contributed by atoms with Crippen molar-refractivity contribution in [2.75, 3.05) is 23.3 Å². The van der Waals surface area contributed by atoms with E-state index in [0.29, 0.717) is 0 Å². The third-order valence-electron chi connectivity index (χ3n) is 4.80. The topological polar surface area (TPSA) is 117 Å². The Morgan fingerprint density at radius 3 is 2.53 bits per heavy atom. The number of methoxy groups -OCH3 is 1. The molecule has 32 heavy (non-hydrogen) atoms. The summed E-state index contributed by atoms with van der Waals surface area (Å²) < 4.78 is 95.3. The van der Waals surface area contributed by atoms with Crippen LogP contribution in [0.2, 0.25) is 0 Å². The summed E-state index contributed by atoms with van der Waals surface area (Å²) in [6.07, 6.45) is -4.87. The zero-order valence-electron chi connectivity index (χ0n) is 16.9. The number of sulfone groups is 1. The van der Waals surface area contributed by atoms with Gasteiger partial charge in [-0.1, -0.05) is 6.92 Å². The molecule has 0 fully saturated rings. The van der Waals surface area contributed by atoms with E-state index >= 15 is 0 Å². The van der Waals surface area contributed by atoms with Crippen LogP contribution in [0.3, 0.4) is 0 Å². The van der Waals surface area contributed by atoms with E-state index in [1.165, 1.54) is 11.9 Å². The van der Waals surface area contributed by atoms with Gasteiger partial charge in [-0.2, -0.15) is 22.0 Å². The maximum absolute atomic E-state index is 13.7. The maximum atomic E-state index is 13.7. The van der Waals surface area contributed by atoms with Crippen LogP contribution in [0, 0.1) is 0 Å². The minimum absolute atomic E-state index is 0.0150. The number of halogens is 5. The number of imidazole rings is 1. The number of hydrogen-bond acceptors (Lipinski definition) is 8. The number of esters is 1. The third kappa shape index (κ3) is 3.96. The van der Waals surface area contributed by atoms with E-state index in [9.17, 15) is 35.2 Å². The number of carbonyl (C=O) groups excluding carboxylic acids is 1. The average molecular weight is 483 g/mol. The Balaban J connectivity index is 2.07. The van der Waals surface area contributed by atoms with E-state index in [1.54, 1.807) is 6.92 Å². The van der Waals surface area contributed by atoms with Crippen molar-refractivity contribution in [1.29, 1.82) is 0 Å². The van der Waals surface area contributed by atoms with Gasteiger partial charge < -0.3 is 9.72 Å². The Kier molecular flexibility index (Phi) is 5.82. The van der Waals surface area contributed by atoms with Crippen molar-refractivity contribution >= 4 is 27.4 Å². The fourth-order valence-corrected chi connectivity index (χ4v) is 4.08. The highest BCUT2D eigenvalue weighted by molar-refractivity contribution is 7.91. The molecule has 2 aromatic rings. The summed E-state index contributed by atoms with van der Waals surface area (Å²) in [5.74, 6) is -8.48. The number of nitrogens with zero attached hydrogens (tertiary/aromatic N) is 3. The number of rotatable bonds is 5. The lowest BCUT2D eigenvalue weighted by atomic mass is 10.1. The summed E-state index contributed by atoms with van der Waals surface area (Å²) in [6, 6.07) is 0.419. The van der Waals surface area contributed by atoms with Crippen molar-refractivity contribution in [3.63, 3.8) is 0 Å². The molecule has 0 saturated carbocycles. The van der Waals surface area contributed by atoms with Crippen LogP contribution >= 0.6 is 0 Å². The number of aromatic amines is 1. The quantitative estimate of drug-likeness (QED) is 0.493. The fourth-order valence-electron chi connectivity index (χ4n) is 3.04. The second-order valence-corrected chi connectivity index (χ2v) is 9.21. The Bertz CT molecular complexity index is 1150. The van der Waals surface area contributed by atoms with Gasteiger partial charge in [0.05, 0.1) is 30.2 Å². The van der Waals surface area contributed by atoms with E-state index in [4.69, 9.17) is 0 Å². The van der Waals surface area contributed by atoms with Gasteiger partial charge in [0.15, 0.2) is 27.3 Å². The monoisotopic (exact) mass is 483 g/mol. The number of hydrogen-bond donors (Lipinski definition) is 2. The Morgan fingerprint density at radius 1 is 1.31 bits per heavy atom. The second-order valence-electron chi connectivity index (χ2n) is 6.96. The van der Waals surface area contributed by atoms with Gasteiger partial charge in [0.25, 0.3) is 0 Å². The predicted octanol–water partition coefficient (Wildman–Crippen LogP) is 2.82. The summed E-state index contributed by atoms with van der Waals surface area (Å²) in [6.45, 7) is 2.94. The molecule has 1 atom stereocenters. The number of anilines is 2.